The molecule has 1 atom stereocenters. The molecule has 1 heterocycles. The van der Waals surface area contributed by atoms with Crippen molar-refractivity contribution >= 4 is 34.8 Å². The Morgan fingerprint density at radius 2 is 1.78 bits per heavy atom. The van der Waals surface area contributed by atoms with E-state index in [0.29, 0.717) is 27.4 Å². The third kappa shape index (κ3) is 5.55. The van der Waals surface area contributed by atoms with Gasteiger partial charge < -0.3 is 14.0 Å². The summed E-state index contributed by atoms with van der Waals surface area (Å²) < 4.78 is 13.4. The van der Waals surface area contributed by atoms with Crippen LogP contribution in [-0.2, 0) is 13.0 Å². The molecule has 0 spiro atoms. The minimum absolute atomic E-state index is 0.115. The molecular formula is C20H19Cl3N2O2. The maximum atomic E-state index is 6.28. The number of methoxy groups -OCH3 is 1. The number of imidazole rings is 1. The van der Waals surface area contributed by atoms with Crippen LogP contribution in [0.2, 0.25) is 15.1 Å². The van der Waals surface area contributed by atoms with E-state index in [1.165, 1.54) is 5.56 Å². The molecule has 3 aromatic rings. The number of ether oxygens (including phenoxy) is 2. The van der Waals surface area contributed by atoms with E-state index in [0.717, 1.165) is 18.6 Å². The fraction of sp³-hybridized carbons (Fsp3) is 0.250. The van der Waals surface area contributed by atoms with E-state index in [1.54, 1.807) is 31.8 Å². The zero-order chi connectivity index (χ0) is 19.2. The maximum Gasteiger partial charge on any atom is 0.140 e. The van der Waals surface area contributed by atoms with Crippen molar-refractivity contribution in [2.45, 2.75) is 25.5 Å². The van der Waals surface area contributed by atoms with Crippen LogP contribution < -0.4 is 9.47 Å². The third-order valence-corrected chi connectivity index (χ3v) is 5.17. The summed E-state index contributed by atoms with van der Waals surface area (Å²) in [4.78, 5) is 4.09. The van der Waals surface area contributed by atoms with Crippen molar-refractivity contribution in [2.75, 3.05) is 7.11 Å². The van der Waals surface area contributed by atoms with Gasteiger partial charge in [-0.25, -0.2) is 4.98 Å². The van der Waals surface area contributed by atoms with Gasteiger partial charge in [0.1, 0.15) is 17.6 Å². The quantitative estimate of drug-likeness (QED) is 0.419. The third-order valence-electron chi connectivity index (χ3n) is 4.16. The van der Waals surface area contributed by atoms with Crippen molar-refractivity contribution < 1.29 is 9.47 Å². The molecule has 27 heavy (non-hydrogen) atoms. The Kier molecular flexibility index (Phi) is 6.89. The molecule has 0 fully saturated rings. The molecule has 1 aromatic heterocycles. The van der Waals surface area contributed by atoms with E-state index in [1.807, 2.05) is 22.9 Å². The molecule has 0 radical (unpaired) electrons. The molecule has 2 aromatic carbocycles. The number of aryl methyl sites for hydroxylation is 1. The molecule has 142 valence electrons. The highest BCUT2D eigenvalue weighted by atomic mass is 35.5. The molecule has 1 unspecified atom stereocenters. The lowest BCUT2D eigenvalue weighted by molar-refractivity contribution is 0.170. The summed E-state index contributed by atoms with van der Waals surface area (Å²) in [5, 5.41) is 1.25. The zero-order valence-electron chi connectivity index (χ0n) is 14.7. The smallest absolute Gasteiger partial charge is 0.140 e. The van der Waals surface area contributed by atoms with Crippen LogP contribution in [0.1, 0.15) is 12.0 Å². The number of aromatic nitrogens is 2. The molecule has 0 N–H and O–H groups in total. The highest BCUT2D eigenvalue weighted by Crippen LogP contribution is 2.34. The minimum atomic E-state index is -0.115. The predicted molar refractivity (Wildman–Crippen MR) is 109 cm³/mol. The molecule has 0 amide bonds. The van der Waals surface area contributed by atoms with Gasteiger partial charge in [-0.2, -0.15) is 0 Å². The summed E-state index contributed by atoms with van der Waals surface area (Å²) in [5.74, 6) is 1.36. The summed E-state index contributed by atoms with van der Waals surface area (Å²) in [5.41, 5.74) is 1.20. The molecule has 0 saturated heterocycles. The van der Waals surface area contributed by atoms with Gasteiger partial charge in [-0.05, 0) is 36.6 Å². The number of rotatable bonds is 8. The van der Waals surface area contributed by atoms with Crippen LogP contribution in [0.5, 0.6) is 11.5 Å². The molecule has 0 aliphatic heterocycles. The Balaban J connectivity index is 1.73. The Hall–Kier alpha value is -1.88. The molecule has 4 nitrogen and oxygen atoms in total. The van der Waals surface area contributed by atoms with Gasteiger partial charge in [-0.1, -0.05) is 46.9 Å². The van der Waals surface area contributed by atoms with Gasteiger partial charge in [0.15, 0.2) is 0 Å². The average Bonchev–Trinajstić information content (AvgIpc) is 3.17. The van der Waals surface area contributed by atoms with Crippen LogP contribution >= 0.6 is 34.8 Å². The first-order valence-electron chi connectivity index (χ1n) is 8.45. The molecule has 0 saturated carbocycles. The summed E-state index contributed by atoms with van der Waals surface area (Å²) >= 11 is 18.4. The summed E-state index contributed by atoms with van der Waals surface area (Å²) in [6, 6.07) is 11.3. The van der Waals surface area contributed by atoms with Crippen molar-refractivity contribution in [2.24, 2.45) is 0 Å². The first-order valence-corrected chi connectivity index (χ1v) is 9.58. The Morgan fingerprint density at radius 3 is 2.44 bits per heavy atom. The number of hydrogen-bond donors (Lipinski definition) is 0. The van der Waals surface area contributed by atoms with Crippen LogP contribution in [0.15, 0.2) is 55.1 Å². The standard InChI is InChI=1S/C20H19Cl3N2O2/c1-26-15-5-2-14(3-6-15)4-7-16(12-25-9-8-24-13-25)27-20-11-18(22)17(21)10-19(20)23/h2-3,5-6,8-11,13,16H,4,7,12H2,1H3. The highest BCUT2D eigenvalue weighted by molar-refractivity contribution is 6.43. The SMILES string of the molecule is COc1ccc(CCC(Cn2ccnc2)Oc2cc(Cl)c(Cl)cc2Cl)cc1. The predicted octanol–water partition coefficient (Wildman–Crippen LogP) is 5.93. The van der Waals surface area contributed by atoms with Gasteiger partial charge >= 0.3 is 0 Å². The number of halogens is 3. The van der Waals surface area contributed by atoms with Gasteiger partial charge in [-0.15, -0.1) is 0 Å². The van der Waals surface area contributed by atoms with Gasteiger partial charge in [0.05, 0.1) is 35.0 Å². The summed E-state index contributed by atoms with van der Waals surface area (Å²) in [6.07, 6.45) is 6.94. The monoisotopic (exact) mass is 424 g/mol. The van der Waals surface area contributed by atoms with E-state index in [4.69, 9.17) is 44.3 Å². The second-order valence-corrected chi connectivity index (χ2v) is 7.30. The van der Waals surface area contributed by atoms with Crippen molar-refractivity contribution in [1.82, 2.24) is 9.55 Å². The van der Waals surface area contributed by atoms with Gasteiger partial charge in [0.25, 0.3) is 0 Å². The topological polar surface area (TPSA) is 36.3 Å². The Morgan fingerprint density at radius 1 is 1.04 bits per heavy atom. The van der Waals surface area contributed by atoms with Crippen molar-refractivity contribution in [3.05, 3.63) is 75.8 Å². The van der Waals surface area contributed by atoms with Crippen molar-refractivity contribution in [1.29, 1.82) is 0 Å². The fourth-order valence-electron chi connectivity index (χ4n) is 2.71. The molecule has 0 aliphatic rings. The molecule has 7 heteroatoms. The number of nitrogens with zero attached hydrogens (tertiary/aromatic N) is 2. The highest BCUT2D eigenvalue weighted by Gasteiger charge is 2.16. The van der Waals surface area contributed by atoms with Crippen LogP contribution in [0, 0.1) is 0 Å². The number of hydrogen-bond acceptors (Lipinski definition) is 3. The second-order valence-electron chi connectivity index (χ2n) is 6.08. The molecule has 0 bridgehead atoms. The Labute approximate surface area is 173 Å². The summed E-state index contributed by atoms with van der Waals surface area (Å²) in [7, 11) is 1.66. The van der Waals surface area contributed by atoms with E-state index < -0.39 is 0 Å². The lowest BCUT2D eigenvalue weighted by atomic mass is 10.1. The lowest BCUT2D eigenvalue weighted by Crippen LogP contribution is -2.23. The lowest BCUT2D eigenvalue weighted by Gasteiger charge is -2.21. The Bertz CT molecular complexity index is 868. The average molecular weight is 426 g/mol. The van der Waals surface area contributed by atoms with E-state index in [2.05, 4.69) is 17.1 Å². The second kappa shape index (κ2) is 9.36. The van der Waals surface area contributed by atoms with Crippen molar-refractivity contribution in [3.8, 4) is 11.5 Å². The summed E-state index contributed by atoms with van der Waals surface area (Å²) in [6.45, 7) is 0.646. The van der Waals surface area contributed by atoms with Crippen molar-refractivity contribution in [3.63, 3.8) is 0 Å². The van der Waals surface area contributed by atoms with Crippen LogP contribution in [0.3, 0.4) is 0 Å². The maximum absolute atomic E-state index is 6.28. The van der Waals surface area contributed by atoms with E-state index in [-0.39, 0.29) is 6.10 Å². The van der Waals surface area contributed by atoms with Crippen LogP contribution in [0.4, 0.5) is 0 Å². The normalized spacial score (nSPS) is 12.0. The molecular weight excluding hydrogens is 407 g/mol. The number of benzene rings is 2. The van der Waals surface area contributed by atoms with E-state index >= 15 is 0 Å². The molecule has 3 rings (SSSR count). The minimum Gasteiger partial charge on any atom is -0.497 e. The van der Waals surface area contributed by atoms with Gasteiger partial charge in [-0.3, -0.25) is 0 Å². The molecule has 0 aliphatic carbocycles. The zero-order valence-corrected chi connectivity index (χ0v) is 17.0. The first kappa shape index (κ1) is 19.9. The fourth-order valence-corrected chi connectivity index (χ4v) is 3.29. The first-order chi connectivity index (χ1) is 13.0. The van der Waals surface area contributed by atoms with E-state index in [9.17, 15) is 0 Å². The largest absolute Gasteiger partial charge is 0.497 e. The van der Waals surface area contributed by atoms with Gasteiger partial charge in [0, 0.05) is 18.5 Å². The van der Waals surface area contributed by atoms with Gasteiger partial charge in [0.2, 0.25) is 0 Å². The van der Waals surface area contributed by atoms with Crippen LogP contribution in [0.25, 0.3) is 0 Å². The van der Waals surface area contributed by atoms with Crippen LogP contribution in [-0.4, -0.2) is 22.8 Å².